The van der Waals surface area contributed by atoms with E-state index >= 15 is 0 Å². The highest BCUT2D eigenvalue weighted by atomic mass is 32.2. The quantitative estimate of drug-likeness (QED) is 0.344. The van der Waals surface area contributed by atoms with Crippen molar-refractivity contribution in [2.24, 2.45) is 7.05 Å². The van der Waals surface area contributed by atoms with E-state index in [0.29, 0.717) is 17.1 Å². The monoisotopic (exact) mass is 287 g/mol. The van der Waals surface area contributed by atoms with Crippen LogP contribution in [0.15, 0.2) is 5.03 Å². The number of aryl methyl sites for hydroxylation is 2. The Balaban J connectivity index is 2.97. The average Bonchev–Trinajstić information content (AvgIpc) is 2.65. The van der Waals surface area contributed by atoms with Gasteiger partial charge >= 0.3 is 11.7 Å². The van der Waals surface area contributed by atoms with Gasteiger partial charge in [0.25, 0.3) is 0 Å². The maximum Gasteiger partial charge on any atom is 0.323 e. The van der Waals surface area contributed by atoms with Gasteiger partial charge in [-0.15, -0.1) is 0 Å². The van der Waals surface area contributed by atoms with Crippen LogP contribution in [-0.4, -0.2) is 33.0 Å². The van der Waals surface area contributed by atoms with Gasteiger partial charge in [0.1, 0.15) is 5.69 Å². The fourth-order valence-electron chi connectivity index (χ4n) is 1.65. The number of hydrogen-bond donors (Lipinski definition) is 0. The molecule has 0 radical (unpaired) electrons. The normalized spacial score (nSPS) is 12.2. The van der Waals surface area contributed by atoms with Gasteiger partial charge < -0.3 is 4.74 Å². The van der Waals surface area contributed by atoms with E-state index in [-0.39, 0.29) is 23.3 Å². The number of carbonyl (C=O) groups excluding carboxylic acids is 1. The molecule has 7 nitrogen and oxygen atoms in total. The molecule has 0 aromatic carbocycles. The Labute approximate surface area is 115 Å². The third kappa shape index (κ3) is 3.69. The molecule has 1 aromatic rings. The molecule has 106 valence electrons. The lowest BCUT2D eigenvalue weighted by Gasteiger charge is -2.09. The Hall–Kier alpha value is -1.57. The minimum absolute atomic E-state index is 0.0340. The van der Waals surface area contributed by atoms with E-state index in [1.165, 1.54) is 23.6 Å². The van der Waals surface area contributed by atoms with Crippen molar-refractivity contribution in [1.29, 1.82) is 0 Å². The molecule has 1 heterocycles. The van der Waals surface area contributed by atoms with Crippen LogP contribution < -0.4 is 0 Å². The third-order valence-corrected chi connectivity index (χ3v) is 3.80. The predicted octanol–water partition coefficient (Wildman–Crippen LogP) is 1.93. The lowest BCUT2D eigenvalue weighted by molar-refractivity contribution is -0.388. The lowest BCUT2D eigenvalue weighted by atomic mass is 10.3. The summed E-state index contributed by atoms with van der Waals surface area (Å²) in [6.07, 6.45) is 0.695. The summed E-state index contributed by atoms with van der Waals surface area (Å²) in [6.45, 7) is 3.64. The van der Waals surface area contributed by atoms with Gasteiger partial charge in [-0.05, 0) is 6.42 Å². The number of carbonyl (C=O) groups is 1. The lowest BCUT2D eigenvalue weighted by Crippen LogP contribution is -2.09. The molecule has 0 bridgehead atoms. The molecule has 0 saturated heterocycles. The number of rotatable bonds is 6. The summed E-state index contributed by atoms with van der Waals surface area (Å²) in [4.78, 5) is 21.9. The number of esters is 1. The van der Waals surface area contributed by atoms with E-state index < -0.39 is 4.92 Å². The second-order valence-electron chi connectivity index (χ2n) is 4.04. The molecule has 0 fully saturated rings. The zero-order valence-corrected chi connectivity index (χ0v) is 12.2. The van der Waals surface area contributed by atoms with Gasteiger partial charge in [0.05, 0.1) is 18.5 Å². The van der Waals surface area contributed by atoms with Crippen LogP contribution in [0, 0.1) is 10.1 Å². The van der Waals surface area contributed by atoms with Crippen molar-refractivity contribution in [3.63, 3.8) is 0 Å². The van der Waals surface area contributed by atoms with E-state index in [4.69, 9.17) is 0 Å². The molecule has 0 N–H and O–H groups in total. The highest BCUT2D eigenvalue weighted by molar-refractivity contribution is 8.00. The van der Waals surface area contributed by atoms with Gasteiger partial charge in [-0.25, -0.2) is 0 Å². The maximum atomic E-state index is 11.2. The number of aromatic nitrogens is 2. The number of hydrogen-bond acceptors (Lipinski definition) is 6. The fraction of sp³-hybridized carbons (Fsp3) is 0.636. The van der Waals surface area contributed by atoms with Crippen LogP contribution in [0.3, 0.4) is 0 Å². The van der Waals surface area contributed by atoms with Gasteiger partial charge in [0.15, 0.2) is 5.03 Å². The third-order valence-electron chi connectivity index (χ3n) is 2.55. The van der Waals surface area contributed by atoms with Gasteiger partial charge in [-0.1, -0.05) is 25.6 Å². The van der Waals surface area contributed by atoms with E-state index in [9.17, 15) is 14.9 Å². The van der Waals surface area contributed by atoms with Crippen LogP contribution >= 0.6 is 11.8 Å². The van der Waals surface area contributed by atoms with Gasteiger partial charge in [-0.2, -0.15) is 5.10 Å². The first kappa shape index (κ1) is 15.5. The molecule has 0 aliphatic heterocycles. The van der Waals surface area contributed by atoms with Crippen molar-refractivity contribution >= 4 is 23.4 Å². The van der Waals surface area contributed by atoms with Gasteiger partial charge in [-0.3, -0.25) is 19.6 Å². The number of methoxy groups -OCH3 is 1. The highest BCUT2D eigenvalue weighted by Gasteiger charge is 2.27. The smallest absolute Gasteiger partial charge is 0.323 e. The molecule has 19 heavy (non-hydrogen) atoms. The molecule has 0 saturated carbocycles. The van der Waals surface area contributed by atoms with Gasteiger partial charge in [0.2, 0.25) is 0 Å². The largest absolute Gasteiger partial charge is 0.469 e. The first-order chi connectivity index (χ1) is 8.90. The van der Waals surface area contributed by atoms with Crippen LogP contribution in [0.2, 0.25) is 0 Å². The molecule has 1 rings (SSSR count). The highest BCUT2D eigenvalue weighted by Crippen LogP contribution is 2.35. The molecule has 0 spiro atoms. The summed E-state index contributed by atoms with van der Waals surface area (Å²) in [5.74, 6) is -0.333. The summed E-state index contributed by atoms with van der Waals surface area (Å²) >= 11 is 1.26. The first-order valence-corrected chi connectivity index (χ1v) is 6.72. The second kappa shape index (κ2) is 6.55. The van der Waals surface area contributed by atoms with Crippen LogP contribution in [-0.2, 0) is 23.0 Å². The number of ether oxygens (including phenoxy) is 1. The Morgan fingerprint density at radius 2 is 2.26 bits per heavy atom. The fourth-order valence-corrected chi connectivity index (χ4v) is 2.75. The minimum Gasteiger partial charge on any atom is -0.469 e. The average molecular weight is 287 g/mol. The minimum atomic E-state index is -0.418. The molecular weight excluding hydrogens is 270 g/mol. The summed E-state index contributed by atoms with van der Waals surface area (Å²) in [5, 5.41) is 15.6. The van der Waals surface area contributed by atoms with Crippen LogP contribution in [0.25, 0.3) is 0 Å². The summed E-state index contributed by atoms with van der Waals surface area (Å²) < 4.78 is 6.08. The Morgan fingerprint density at radius 3 is 2.74 bits per heavy atom. The summed E-state index contributed by atoms with van der Waals surface area (Å²) in [5.41, 5.74) is 0.493. The zero-order valence-electron chi connectivity index (χ0n) is 11.4. The summed E-state index contributed by atoms with van der Waals surface area (Å²) in [7, 11) is 2.99. The predicted molar refractivity (Wildman–Crippen MR) is 71.2 cm³/mol. The number of nitro groups is 1. The molecular formula is C11H17N3O4S. The van der Waals surface area contributed by atoms with E-state index in [0.717, 1.165) is 0 Å². The van der Waals surface area contributed by atoms with E-state index in [2.05, 4.69) is 9.84 Å². The Bertz CT molecular complexity index is 487. The Kier molecular flexibility index (Phi) is 5.34. The topological polar surface area (TPSA) is 87.3 Å². The van der Waals surface area contributed by atoms with Crippen molar-refractivity contribution in [3.8, 4) is 0 Å². The zero-order chi connectivity index (χ0) is 14.6. The van der Waals surface area contributed by atoms with E-state index in [1.807, 2.05) is 13.8 Å². The van der Waals surface area contributed by atoms with Crippen LogP contribution in [0.1, 0.15) is 26.0 Å². The number of thioether (sulfide) groups is 1. The van der Waals surface area contributed by atoms with E-state index in [1.54, 1.807) is 7.05 Å². The van der Waals surface area contributed by atoms with Crippen molar-refractivity contribution in [3.05, 3.63) is 15.8 Å². The SMILES string of the molecule is CCc1nn(C)c(SC(C)CC(=O)OC)c1[N+](=O)[O-]. The van der Waals surface area contributed by atoms with Crippen molar-refractivity contribution in [1.82, 2.24) is 9.78 Å². The maximum absolute atomic E-state index is 11.2. The Morgan fingerprint density at radius 1 is 1.63 bits per heavy atom. The standard InChI is InChI=1S/C11H17N3O4S/c1-5-8-10(14(16)17)11(13(3)12-8)19-7(2)6-9(15)18-4/h7H,5-6H2,1-4H3. The van der Waals surface area contributed by atoms with Crippen molar-refractivity contribution in [2.75, 3.05) is 7.11 Å². The molecule has 1 aromatic heterocycles. The van der Waals surface area contributed by atoms with Gasteiger partial charge in [0, 0.05) is 12.3 Å². The number of nitrogens with zero attached hydrogens (tertiary/aromatic N) is 3. The first-order valence-electron chi connectivity index (χ1n) is 5.84. The molecule has 1 unspecified atom stereocenters. The summed E-state index contributed by atoms with van der Waals surface area (Å²) in [6, 6.07) is 0. The van der Waals surface area contributed by atoms with Crippen LogP contribution in [0.5, 0.6) is 0 Å². The molecule has 8 heteroatoms. The molecule has 0 aliphatic rings. The molecule has 0 aliphatic carbocycles. The van der Waals surface area contributed by atoms with Crippen molar-refractivity contribution in [2.45, 2.75) is 37.0 Å². The molecule has 1 atom stereocenters. The second-order valence-corrected chi connectivity index (χ2v) is 5.47. The van der Waals surface area contributed by atoms with Crippen molar-refractivity contribution < 1.29 is 14.5 Å². The van der Waals surface area contributed by atoms with Crippen LogP contribution in [0.4, 0.5) is 5.69 Å². The molecule has 0 amide bonds.